The SMILES string of the molecule is Cc1nonc1C(=O)N[C@H](c1cn2nc(C[C@H]3C[C@@H](C(F)(F)F)CNC3=O)c([C@@H]3CCOC3)nc2n1)C1CCC(F)(F)CC1. The lowest BCUT2D eigenvalue weighted by Gasteiger charge is -2.33. The monoisotopic (exact) mass is 626 g/mol. The molecule has 12 nitrogen and oxygen atoms in total. The highest BCUT2D eigenvalue weighted by molar-refractivity contribution is 5.93. The summed E-state index contributed by atoms with van der Waals surface area (Å²) in [5, 5.41) is 17.1. The normalized spacial score (nSPS) is 25.2. The van der Waals surface area contributed by atoms with Crippen molar-refractivity contribution in [2.75, 3.05) is 19.8 Å². The lowest BCUT2D eigenvalue weighted by Crippen LogP contribution is -2.47. The van der Waals surface area contributed by atoms with Gasteiger partial charge in [-0.1, -0.05) is 5.16 Å². The first-order chi connectivity index (χ1) is 20.9. The van der Waals surface area contributed by atoms with Gasteiger partial charge in [0, 0.05) is 44.2 Å². The third kappa shape index (κ3) is 6.23. The van der Waals surface area contributed by atoms with Crippen LogP contribution in [0.4, 0.5) is 22.0 Å². The molecular weight excluding hydrogens is 595 g/mol. The minimum absolute atomic E-state index is 0.0510. The average Bonchev–Trinajstić information content (AvgIpc) is 3.73. The highest BCUT2D eigenvalue weighted by Gasteiger charge is 2.45. The van der Waals surface area contributed by atoms with E-state index in [1.807, 2.05) is 0 Å². The van der Waals surface area contributed by atoms with Crippen molar-refractivity contribution in [2.24, 2.45) is 17.8 Å². The third-order valence-corrected chi connectivity index (χ3v) is 8.82. The molecule has 3 aromatic rings. The van der Waals surface area contributed by atoms with Gasteiger partial charge in [-0.05, 0) is 43.7 Å². The van der Waals surface area contributed by atoms with Crippen molar-refractivity contribution in [3.8, 4) is 0 Å². The van der Waals surface area contributed by atoms with Crippen LogP contribution in [-0.4, -0.2) is 73.6 Å². The smallest absolute Gasteiger partial charge is 0.381 e. The lowest BCUT2D eigenvalue weighted by atomic mass is 9.81. The van der Waals surface area contributed by atoms with Crippen LogP contribution >= 0.6 is 0 Å². The number of carbonyl (C=O) groups excluding carboxylic acids is 2. The first-order valence-corrected chi connectivity index (χ1v) is 14.5. The average molecular weight is 627 g/mol. The van der Waals surface area contributed by atoms with Crippen LogP contribution in [0.15, 0.2) is 10.8 Å². The highest BCUT2D eigenvalue weighted by atomic mass is 19.4. The maximum atomic E-state index is 14.0. The molecule has 0 aromatic carbocycles. The molecule has 3 aliphatic rings. The summed E-state index contributed by atoms with van der Waals surface area (Å²) in [6, 6.07) is -0.809. The molecule has 3 aromatic heterocycles. The number of halogens is 5. The predicted octanol–water partition coefficient (Wildman–Crippen LogP) is 3.47. The standard InChI is InChI=1S/C27H31F5N8O4/c1-13-20(39-44-38-13)24(42)35-21(14-2-5-26(28,29)6-3-14)19-11-40-25(34-19)36-22(15-4-7-43-12-15)18(37-40)9-16-8-17(27(30,31)32)10-33-23(16)41/h11,14-17,21H,2-10,12H2,1H3,(H,33,41)(H,35,42)/t15-,16-,17-,21+/m1/s1. The number of nitrogens with one attached hydrogen (secondary N) is 2. The topological polar surface area (TPSA) is 149 Å². The van der Waals surface area contributed by atoms with E-state index in [9.17, 15) is 31.5 Å². The van der Waals surface area contributed by atoms with Gasteiger partial charge in [-0.3, -0.25) is 9.59 Å². The second-order valence-corrected chi connectivity index (χ2v) is 11.9. The molecule has 2 aliphatic heterocycles. The maximum Gasteiger partial charge on any atom is 0.393 e. The predicted molar refractivity (Wildman–Crippen MR) is 139 cm³/mol. The van der Waals surface area contributed by atoms with Crippen LogP contribution < -0.4 is 10.6 Å². The molecule has 1 aliphatic carbocycles. The van der Waals surface area contributed by atoms with Gasteiger partial charge in [-0.25, -0.2) is 27.9 Å². The fourth-order valence-electron chi connectivity index (χ4n) is 6.29. The number of rotatable bonds is 7. The first-order valence-electron chi connectivity index (χ1n) is 14.5. The Kier molecular flexibility index (Phi) is 8.00. The van der Waals surface area contributed by atoms with Crippen molar-refractivity contribution >= 4 is 17.6 Å². The van der Waals surface area contributed by atoms with E-state index in [4.69, 9.17) is 9.72 Å². The molecule has 6 rings (SSSR count). The summed E-state index contributed by atoms with van der Waals surface area (Å²) in [6.45, 7) is 1.86. The van der Waals surface area contributed by atoms with Crippen molar-refractivity contribution in [2.45, 2.75) is 75.9 Å². The molecule has 0 radical (unpaired) electrons. The van der Waals surface area contributed by atoms with Gasteiger partial charge in [-0.15, -0.1) is 0 Å². The lowest BCUT2D eigenvalue weighted by molar-refractivity contribution is -0.183. The van der Waals surface area contributed by atoms with E-state index in [-0.39, 0.29) is 61.6 Å². The summed E-state index contributed by atoms with van der Waals surface area (Å²) in [6.07, 6.45) is -3.23. The Morgan fingerprint density at radius 3 is 2.64 bits per heavy atom. The Balaban J connectivity index is 1.35. The zero-order chi connectivity index (χ0) is 31.2. The first kappa shape index (κ1) is 30.3. The number of nitrogens with zero attached hydrogens (tertiary/aromatic N) is 6. The number of imidazole rings is 1. The van der Waals surface area contributed by atoms with E-state index in [0.29, 0.717) is 36.7 Å². The van der Waals surface area contributed by atoms with E-state index in [2.05, 4.69) is 35.7 Å². The largest absolute Gasteiger partial charge is 0.393 e. The number of hydrogen-bond donors (Lipinski definition) is 2. The Morgan fingerprint density at radius 2 is 1.98 bits per heavy atom. The van der Waals surface area contributed by atoms with Crippen molar-refractivity contribution in [3.63, 3.8) is 0 Å². The van der Waals surface area contributed by atoms with Crippen molar-refractivity contribution < 1.29 is 40.9 Å². The van der Waals surface area contributed by atoms with Gasteiger partial charge in [0.25, 0.3) is 11.7 Å². The van der Waals surface area contributed by atoms with E-state index in [0.717, 1.165) is 0 Å². The third-order valence-electron chi connectivity index (χ3n) is 8.82. The number of hydrogen-bond acceptors (Lipinski definition) is 9. The molecule has 2 saturated heterocycles. The summed E-state index contributed by atoms with van der Waals surface area (Å²) in [4.78, 5) is 35.1. The van der Waals surface area contributed by atoms with Crippen LogP contribution in [0.25, 0.3) is 5.78 Å². The fraction of sp³-hybridized carbons (Fsp3) is 0.667. The van der Waals surface area contributed by atoms with Crippen molar-refractivity contribution in [1.82, 2.24) is 40.5 Å². The minimum atomic E-state index is -4.45. The summed E-state index contributed by atoms with van der Waals surface area (Å²) in [7, 11) is 0. The summed E-state index contributed by atoms with van der Waals surface area (Å²) < 4.78 is 80.1. The maximum absolute atomic E-state index is 14.0. The van der Waals surface area contributed by atoms with E-state index in [1.165, 1.54) is 10.7 Å². The van der Waals surface area contributed by atoms with Gasteiger partial charge in [0.15, 0.2) is 5.69 Å². The second-order valence-electron chi connectivity index (χ2n) is 11.9. The number of aromatic nitrogens is 6. The Hall–Kier alpha value is -3.76. The van der Waals surface area contributed by atoms with Crippen molar-refractivity contribution in [1.29, 1.82) is 0 Å². The minimum Gasteiger partial charge on any atom is -0.381 e. The number of alkyl halides is 5. The number of ether oxygens (including phenoxy) is 1. The Labute approximate surface area is 247 Å². The molecule has 3 fully saturated rings. The van der Waals surface area contributed by atoms with Gasteiger partial charge in [0.1, 0.15) is 5.69 Å². The van der Waals surface area contributed by atoms with Crippen LogP contribution in [0.2, 0.25) is 0 Å². The molecule has 2 amide bonds. The quantitative estimate of drug-likeness (QED) is 0.376. The molecule has 238 valence electrons. The van der Waals surface area contributed by atoms with Gasteiger partial charge >= 0.3 is 6.18 Å². The molecule has 0 unspecified atom stereocenters. The molecule has 1 saturated carbocycles. The van der Waals surface area contributed by atoms with Crippen LogP contribution in [0.5, 0.6) is 0 Å². The Morgan fingerprint density at radius 1 is 1.20 bits per heavy atom. The van der Waals surface area contributed by atoms with E-state index >= 15 is 0 Å². The molecular formula is C27H31F5N8O4. The number of piperidine rings is 1. The molecule has 2 N–H and O–H groups in total. The fourth-order valence-corrected chi connectivity index (χ4v) is 6.29. The number of amides is 2. The number of carbonyl (C=O) groups is 2. The molecule has 4 atom stereocenters. The molecule has 44 heavy (non-hydrogen) atoms. The van der Waals surface area contributed by atoms with Crippen LogP contribution in [0.3, 0.4) is 0 Å². The number of fused-ring (bicyclic) bond motifs is 1. The summed E-state index contributed by atoms with van der Waals surface area (Å²) in [5.41, 5.74) is 1.35. The molecule has 5 heterocycles. The van der Waals surface area contributed by atoms with Gasteiger partial charge in [0.05, 0.1) is 41.8 Å². The van der Waals surface area contributed by atoms with Crippen LogP contribution in [0, 0.1) is 24.7 Å². The van der Waals surface area contributed by atoms with Gasteiger partial charge in [0.2, 0.25) is 11.8 Å². The van der Waals surface area contributed by atoms with E-state index < -0.39 is 54.3 Å². The van der Waals surface area contributed by atoms with Crippen molar-refractivity contribution in [3.05, 3.63) is 34.7 Å². The molecule has 0 spiro atoms. The molecule has 0 bridgehead atoms. The summed E-state index contributed by atoms with van der Waals surface area (Å²) in [5.74, 6) is -6.98. The number of aryl methyl sites for hydroxylation is 1. The second kappa shape index (κ2) is 11.6. The summed E-state index contributed by atoms with van der Waals surface area (Å²) >= 11 is 0. The van der Waals surface area contributed by atoms with Crippen LogP contribution in [0.1, 0.15) is 83.7 Å². The zero-order valence-corrected chi connectivity index (χ0v) is 23.7. The zero-order valence-electron chi connectivity index (χ0n) is 23.7. The van der Waals surface area contributed by atoms with E-state index in [1.54, 1.807) is 6.92 Å². The van der Waals surface area contributed by atoms with Crippen LogP contribution in [-0.2, 0) is 16.0 Å². The highest BCUT2D eigenvalue weighted by Crippen LogP contribution is 2.42. The molecule has 17 heteroatoms. The Bertz CT molecular complexity index is 1530. The van der Waals surface area contributed by atoms with Gasteiger partial charge < -0.3 is 15.4 Å². The van der Waals surface area contributed by atoms with Gasteiger partial charge in [-0.2, -0.15) is 18.3 Å².